The van der Waals surface area contributed by atoms with Gasteiger partial charge in [-0.2, -0.15) is 0 Å². The van der Waals surface area contributed by atoms with Crippen LogP contribution in [0.1, 0.15) is 309 Å². The first-order chi connectivity index (χ1) is 37.6. The molecule has 0 rings (SSSR count). The SMILES string of the molecule is CC/C=C\C/C=C\C/C=C\C/C=C\C/C=C\CCCCCCCCCCCCCCCC(=O)OC(CO)COC(=O)CCCCCCCCCCCCCCCCCCCCCC/C=C\C/C=C\C/C=C\C/C=C\CC. The fraction of sp³-hybridized carbons (Fsp3) is 0.718. The summed E-state index contributed by atoms with van der Waals surface area (Å²) in [5.41, 5.74) is 0. The van der Waals surface area contributed by atoms with Gasteiger partial charge in [0, 0.05) is 12.8 Å². The first kappa shape index (κ1) is 72.6. The highest BCUT2D eigenvalue weighted by molar-refractivity contribution is 5.70. The van der Waals surface area contributed by atoms with E-state index in [2.05, 4.69) is 123 Å². The summed E-state index contributed by atoms with van der Waals surface area (Å²) < 4.78 is 10.7. The van der Waals surface area contributed by atoms with Crippen molar-refractivity contribution in [3.8, 4) is 0 Å². The van der Waals surface area contributed by atoms with E-state index in [1.807, 2.05) is 0 Å². The Morgan fingerprint density at radius 2 is 0.526 bits per heavy atom. The van der Waals surface area contributed by atoms with Crippen LogP contribution in [0.5, 0.6) is 0 Å². The van der Waals surface area contributed by atoms with Gasteiger partial charge in [0.2, 0.25) is 0 Å². The van der Waals surface area contributed by atoms with Gasteiger partial charge in [-0.3, -0.25) is 9.59 Å². The zero-order valence-corrected chi connectivity index (χ0v) is 50.0. The molecule has 0 saturated carbocycles. The Balaban J connectivity index is 3.45. The lowest BCUT2D eigenvalue weighted by molar-refractivity contribution is -0.161. The van der Waals surface area contributed by atoms with E-state index in [0.717, 1.165) is 96.3 Å². The Kier molecular flexibility index (Phi) is 62.9. The normalized spacial score (nSPS) is 12.9. The minimum atomic E-state index is -0.778. The van der Waals surface area contributed by atoms with Gasteiger partial charge < -0.3 is 14.6 Å². The summed E-state index contributed by atoms with van der Waals surface area (Å²) in [5, 5.41) is 9.69. The van der Waals surface area contributed by atoms with E-state index < -0.39 is 6.10 Å². The van der Waals surface area contributed by atoms with E-state index in [1.54, 1.807) is 0 Å². The maximum atomic E-state index is 12.3. The number of esters is 2. The Morgan fingerprint density at radius 1 is 0.303 bits per heavy atom. The molecule has 0 aliphatic carbocycles. The highest BCUT2D eigenvalue weighted by Gasteiger charge is 2.16. The van der Waals surface area contributed by atoms with Crippen LogP contribution in [0.3, 0.4) is 0 Å². The minimum Gasteiger partial charge on any atom is -0.462 e. The molecule has 0 aromatic carbocycles. The lowest BCUT2D eigenvalue weighted by Crippen LogP contribution is -2.28. The summed E-state index contributed by atoms with van der Waals surface area (Å²) in [6.07, 6.45) is 95.2. The second-order valence-electron chi connectivity index (χ2n) is 21.4. The molecule has 1 atom stereocenters. The maximum Gasteiger partial charge on any atom is 0.306 e. The highest BCUT2D eigenvalue weighted by Crippen LogP contribution is 2.17. The minimum absolute atomic E-state index is 0.0673. The monoisotopic (exact) mass is 1050 g/mol. The topological polar surface area (TPSA) is 72.8 Å². The van der Waals surface area contributed by atoms with Gasteiger partial charge in [-0.05, 0) is 96.3 Å². The molecule has 1 unspecified atom stereocenters. The zero-order chi connectivity index (χ0) is 54.8. The average molecular weight is 1060 g/mol. The van der Waals surface area contributed by atoms with Gasteiger partial charge in [0.1, 0.15) is 6.61 Å². The van der Waals surface area contributed by atoms with Crippen LogP contribution in [-0.2, 0) is 19.1 Å². The molecule has 5 nitrogen and oxygen atoms in total. The number of rotatable bonds is 59. The zero-order valence-electron chi connectivity index (χ0n) is 50.0. The van der Waals surface area contributed by atoms with Crippen LogP contribution < -0.4 is 0 Å². The Morgan fingerprint density at radius 3 is 0.789 bits per heavy atom. The molecule has 0 aliphatic heterocycles. The van der Waals surface area contributed by atoms with Gasteiger partial charge in [-0.1, -0.05) is 309 Å². The number of carbonyl (C=O) groups excluding carboxylic acids is 2. The lowest BCUT2D eigenvalue weighted by Gasteiger charge is -2.15. The van der Waals surface area contributed by atoms with Crippen molar-refractivity contribution in [1.29, 1.82) is 0 Å². The standard InChI is InChI=1S/C71H122O5/c1-3-5-7-9-11-13-15-17-19-21-23-25-27-29-31-33-34-35-36-38-39-41-43-45-47-49-51-53-55-57-59-61-63-65-70(73)75-68-69(67-72)76-71(74)66-64-62-60-58-56-54-52-50-48-46-44-42-40-37-32-30-28-26-24-22-20-18-16-14-12-10-8-6-4-2/h5-8,11-14,17-20,23-26,30,32,69,72H,3-4,9-10,15-16,21-22,27-29,31,33-68H2,1-2H3/b7-5-,8-6-,13-11-,14-12-,19-17-,20-18-,25-23-,26-24-,32-30-. The van der Waals surface area contributed by atoms with Gasteiger partial charge in [0.25, 0.3) is 0 Å². The van der Waals surface area contributed by atoms with Crippen LogP contribution in [0.4, 0.5) is 0 Å². The third kappa shape index (κ3) is 63.1. The molecule has 0 radical (unpaired) electrons. The van der Waals surface area contributed by atoms with Crippen LogP contribution in [0.2, 0.25) is 0 Å². The summed E-state index contributed by atoms with van der Waals surface area (Å²) in [6.45, 7) is 3.94. The third-order valence-corrected chi connectivity index (χ3v) is 14.1. The number of hydrogen-bond acceptors (Lipinski definition) is 5. The molecule has 0 saturated heterocycles. The van der Waals surface area contributed by atoms with E-state index in [1.165, 1.54) is 186 Å². The molecule has 0 bridgehead atoms. The summed E-state index contributed by atoms with van der Waals surface area (Å²) in [6, 6.07) is 0. The number of unbranched alkanes of at least 4 members (excludes halogenated alkanes) is 33. The van der Waals surface area contributed by atoms with Crippen LogP contribution in [0, 0.1) is 0 Å². The number of hydrogen-bond donors (Lipinski definition) is 1. The van der Waals surface area contributed by atoms with Gasteiger partial charge >= 0.3 is 11.9 Å². The molecule has 1 N–H and O–H groups in total. The number of allylic oxidation sites excluding steroid dienone is 18. The summed E-state index contributed by atoms with van der Waals surface area (Å²) in [7, 11) is 0. The van der Waals surface area contributed by atoms with E-state index in [0.29, 0.717) is 12.8 Å². The maximum absolute atomic E-state index is 12.3. The van der Waals surface area contributed by atoms with E-state index >= 15 is 0 Å². The number of carbonyl (C=O) groups is 2. The van der Waals surface area contributed by atoms with Crippen molar-refractivity contribution in [2.75, 3.05) is 13.2 Å². The summed E-state index contributed by atoms with van der Waals surface area (Å²) in [5.74, 6) is -0.583. The Hall–Kier alpha value is -3.44. The highest BCUT2D eigenvalue weighted by atomic mass is 16.6. The van der Waals surface area contributed by atoms with Crippen molar-refractivity contribution in [1.82, 2.24) is 0 Å². The molecule has 0 aromatic rings. The van der Waals surface area contributed by atoms with Crippen LogP contribution in [-0.4, -0.2) is 36.4 Å². The molecular formula is C71H122O5. The largest absolute Gasteiger partial charge is 0.462 e. The molecule has 5 heteroatoms. The molecule has 436 valence electrons. The van der Waals surface area contributed by atoms with Crippen LogP contribution in [0.25, 0.3) is 0 Å². The Labute approximate surface area is 471 Å². The second-order valence-corrected chi connectivity index (χ2v) is 21.4. The number of aliphatic hydroxyl groups is 1. The first-order valence-corrected chi connectivity index (χ1v) is 32.4. The van der Waals surface area contributed by atoms with Crippen LogP contribution in [0.15, 0.2) is 109 Å². The van der Waals surface area contributed by atoms with E-state index in [9.17, 15) is 14.7 Å². The van der Waals surface area contributed by atoms with Gasteiger partial charge in [0.05, 0.1) is 6.61 Å². The smallest absolute Gasteiger partial charge is 0.306 e. The quantitative estimate of drug-likeness (QED) is 0.0373. The van der Waals surface area contributed by atoms with Crippen molar-refractivity contribution in [2.45, 2.75) is 315 Å². The first-order valence-electron chi connectivity index (χ1n) is 32.4. The van der Waals surface area contributed by atoms with Crippen molar-refractivity contribution in [2.24, 2.45) is 0 Å². The van der Waals surface area contributed by atoms with Gasteiger partial charge in [-0.25, -0.2) is 0 Å². The van der Waals surface area contributed by atoms with Crippen molar-refractivity contribution >= 4 is 11.9 Å². The summed E-state index contributed by atoms with van der Waals surface area (Å²) >= 11 is 0. The fourth-order valence-corrected chi connectivity index (χ4v) is 9.28. The third-order valence-electron chi connectivity index (χ3n) is 14.1. The average Bonchev–Trinajstić information content (AvgIpc) is 3.42. The van der Waals surface area contributed by atoms with Gasteiger partial charge in [-0.15, -0.1) is 0 Å². The lowest BCUT2D eigenvalue weighted by atomic mass is 10.0. The summed E-state index contributed by atoms with van der Waals surface area (Å²) in [4.78, 5) is 24.6. The molecule has 76 heavy (non-hydrogen) atoms. The van der Waals surface area contributed by atoms with Crippen molar-refractivity contribution < 1.29 is 24.2 Å². The van der Waals surface area contributed by atoms with E-state index in [4.69, 9.17) is 9.47 Å². The van der Waals surface area contributed by atoms with Crippen molar-refractivity contribution in [3.63, 3.8) is 0 Å². The fourth-order valence-electron chi connectivity index (χ4n) is 9.28. The molecule has 0 spiro atoms. The molecule has 0 heterocycles. The Bertz CT molecular complexity index is 1470. The molecule has 0 amide bonds. The van der Waals surface area contributed by atoms with Gasteiger partial charge in [0.15, 0.2) is 6.10 Å². The molecule has 0 fully saturated rings. The molecule has 0 aromatic heterocycles. The van der Waals surface area contributed by atoms with Crippen LogP contribution >= 0.6 is 0 Å². The number of ether oxygens (including phenoxy) is 2. The second kappa shape index (κ2) is 65.8. The molecule has 0 aliphatic rings. The van der Waals surface area contributed by atoms with E-state index in [-0.39, 0.29) is 25.2 Å². The predicted molar refractivity (Wildman–Crippen MR) is 334 cm³/mol. The predicted octanol–water partition coefficient (Wildman–Crippen LogP) is 22.4. The van der Waals surface area contributed by atoms with Crippen molar-refractivity contribution in [3.05, 3.63) is 109 Å². The molecular weight excluding hydrogens is 933 g/mol. The number of aliphatic hydroxyl groups excluding tert-OH is 1.